The van der Waals surface area contributed by atoms with Gasteiger partial charge in [0.15, 0.2) is 0 Å². The number of nitrogens with two attached hydrogens (primary N) is 1. The van der Waals surface area contributed by atoms with E-state index in [-0.39, 0.29) is 12.1 Å². The van der Waals surface area contributed by atoms with Crippen LogP contribution in [0.1, 0.15) is 29.7 Å². The minimum Gasteiger partial charge on any atom is -0.326 e. The second kappa shape index (κ2) is 4.79. The molecule has 1 aliphatic rings. The van der Waals surface area contributed by atoms with Crippen molar-refractivity contribution in [3.8, 4) is 0 Å². The molecule has 0 spiro atoms. The summed E-state index contributed by atoms with van der Waals surface area (Å²) in [7, 11) is 1.94. The summed E-state index contributed by atoms with van der Waals surface area (Å²) in [4.78, 5) is 2.44. The molecule has 0 fully saturated rings. The van der Waals surface area contributed by atoms with Crippen molar-refractivity contribution in [2.75, 3.05) is 0 Å². The summed E-state index contributed by atoms with van der Waals surface area (Å²) in [5, 5.41) is 4.27. The van der Waals surface area contributed by atoms with Gasteiger partial charge in [-0.2, -0.15) is 5.10 Å². The Morgan fingerprint density at radius 3 is 2.32 bits per heavy atom. The van der Waals surface area contributed by atoms with E-state index in [0.29, 0.717) is 0 Å². The molecule has 0 radical (unpaired) electrons. The molecule has 0 aliphatic carbocycles. The van der Waals surface area contributed by atoms with Crippen molar-refractivity contribution in [1.29, 1.82) is 0 Å². The standard InChI is InChI=1S/C15H20N4/c1-11(16)15(14-7-17-18(2)8-14)19-9-12-5-3-4-6-13(12)10-19/h3-8,11,15H,9-10,16H2,1-2H3. The molecule has 0 amide bonds. The Hall–Kier alpha value is -1.65. The highest BCUT2D eigenvalue weighted by atomic mass is 15.3. The maximum Gasteiger partial charge on any atom is 0.0538 e. The molecule has 4 heteroatoms. The minimum atomic E-state index is 0.0820. The van der Waals surface area contributed by atoms with E-state index in [1.807, 2.05) is 17.9 Å². The highest BCUT2D eigenvalue weighted by Crippen LogP contribution is 2.32. The van der Waals surface area contributed by atoms with Gasteiger partial charge in [-0.05, 0) is 18.1 Å². The number of fused-ring (bicyclic) bond motifs is 1. The van der Waals surface area contributed by atoms with Crippen LogP contribution in [0.15, 0.2) is 36.7 Å². The highest BCUT2D eigenvalue weighted by Gasteiger charge is 2.29. The lowest BCUT2D eigenvalue weighted by Crippen LogP contribution is -2.36. The molecule has 2 aromatic rings. The molecular formula is C15H20N4. The van der Waals surface area contributed by atoms with Crippen LogP contribution in [0.3, 0.4) is 0 Å². The highest BCUT2D eigenvalue weighted by molar-refractivity contribution is 5.31. The average molecular weight is 256 g/mol. The number of nitrogens with zero attached hydrogens (tertiary/aromatic N) is 3. The quantitative estimate of drug-likeness (QED) is 0.911. The zero-order chi connectivity index (χ0) is 13.4. The second-order valence-electron chi connectivity index (χ2n) is 5.42. The Morgan fingerprint density at radius 1 is 1.21 bits per heavy atom. The van der Waals surface area contributed by atoms with E-state index in [4.69, 9.17) is 5.73 Å². The lowest BCUT2D eigenvalue weighted by atomic mass is 10.0. The van der Waals surface area contributed by atoms with Crippen molar-refractivity contribution >= 4 is 0 Å². The topological polar surface area (TPSA) is 47.1 Å². The summed E-state index contributed by atoms with van der Waals surface area (Å²) in [5.41, 5.74) is 10.2. The Morgan fingerprint density at radius 2 is 1.84 bits per heavy atom. The fraction of sp³-hybridized carbons (Fsp3) is 0.400. The minimum absolute atomic E-state index is 0.0820. The first-order valence-corrected chi connectivity index (χ1v) is 6.70. The molecule has 0 saturated heterocycles. The van der Waals surface area contributed by atoms with Crippen molar-refractivity contribution in [1.82, 2.24) is 14.7 Å². The summed E-state index contributed by atoms with van der Waals surface area (Å²) in [6, 6.07) is 8.92. The number of aryl methyl sites for hydroxylation is 1. The number of hydrogen-bond donors (Lipinski definition) is 1. The summed E-state index contributed by atoms with van der Waals surface area (Å²) in [5.74, 6) is 0. The van der Waals surface area contributed by atoms with Gasteiger partial charge in [0, 0.05) is 37.9 Å². The first-order valence-electron chi connectivity index (χ1n) is 6.70. The van der Waals surface area contributed by atoms with E-state index in [9.17, 15) is 0 Å². The van der Waals surface area contributed by atoms with Crippen LogP contribution in [-0.2, 0) is 20.1 Å². The van der Waals surface area contributed by atoms with Crippen LogP contribution in [0.2, 0.25) is 0 Å². The Bertz CT molecular complexity index is 548. The molecule has 1 aromatic carbocycles. The van der Waals surface area contributed by atoms with E-state index in [1.54, 1.807) is 0 Å². The van der Waals surface area contributed by atoms with Gasteiger partial charge < -0.3 is 5.73 Å². The predicted molar refractivity (Wildman–Crippen MR) is 75.3 cm³/mol. The molecule has 0 saturated carbocycles. The summed E-state index contributed by atoms with van der Waals surface area (Å²) < 4.78 is 1.84. The van der Waals surface area contributed by atoms with Gasteiger partial charge in [-0.1, -0.05) is 24.3 Å². The zero-order valence-electron chi connectivity index (χ0n) is 11.5. The van der Waals surface area contributed by atoms with E-state index < -0.39 is 0 Å². The largest absolute Gasteiger partial charge is 0.326 e. The molecular weight excluding hydrogens is 236 g/mol. The van der Waals surface area contributed by atoms with Crippen molar-refractivity contribution in [3.63, 3.8) is 0 Å². The molecule has 3 rings (SSSR count). The van der Waals surface area contributed by atoms with Crippen LogP contribution in [0, 0.1) is 0 Å². The Labute approximate surface area is 113 Å². The van der Waals surface area contributed by atoms with E-state index >= 15 is 0 Å². The van der Waals surface area contributed by atoms with Gasteiger partial charge in [0.2, 0.25) is 0 Å². The van der Waals surface area contributed by atoms with E-state index in [1.165, 1.54) is 16.7 Å². The Kier molecular flexibility index (Phi) is 3.12. The van der Waals surface area contributed by atoms with Crippen molar-refractivity contribution in [3.05, 3.63) is 53.3 Å². The molecule has 0 bridgehead atoms. The van der Waals surface area contributed by atoms with Crippen LogP contribution in [0.25, 0.3) is 0 Å². The first kappa shape index (κ1) is 12.4. The van der Waals surface area contributed by atoms with Crippen LogP contribution in [0.5, 0.6) is 0 Å². The number of benzene rings is 1. The molecule has 2 atom stereocenters. The molecule has 2 unspecified atom stereocenters. The molecule has 100 valence electrons. The first-order chi connectivity index (χ1) is 9.15. The molecule has 1 aliphatic heterocycles. The fourth-order valence-electron chi connectivity index (χ4n) is 3.00. The van der Waals surface area contributed by atoms with E-state index in [2.05, 4.69) is 47.4 Å². The van der Waals surface area contributed by atoms with Gasteiger partial charge >= 0.3 is 0 Å². The maximum absolute atomic E-state index is 6.21. The summed E-state index contributed by atoms with van der Waals surface area (Å²) >= 11 is 0. The van der Waals surface area contributed by atoms with Gasteiger partial charge in [0.05, 0.1) is 12.2 Å². The Balaban J connectivity index is 1.88. The zero-order valence-corrected chi connectivity index (χ0v) is 11.5. The molecule has 2 N–H and O–H groups in total. The SMILES string of the molecule is CC(N)C(c1cnn(C)c1)N1Cc2ccccc2C1. The summed E-state index contributed by atoms with van der Waals surface area (Å²) in [6.45, 7) is 4.01. The van der Waals surface area contributed by atoms with Gasteiger partial charge in [0.1, 0.15) is 0 Å². The maximum atomic E-state index is 6.21. The third-order valence-corrected chi connectivity index (χ3v) is 3.82. The van der Waals surface area contributed by atoms with Crippen molar-refractivity contribution < 1.29 is 0 Å². The third-order valence-electron chi connectivity index (χ3n) is 3.82. The van der Waals surface area contributed by atoms with Gasteiger partial charge in [0.25, 0.3) is 0 Å². The smallest absolute Gasteiger partial charge is 0.0538 e. The van der Waals surface area contributed by atoms with E-state index in [0.717, 1.165) is 13.1 Å². The molecule has 2 heterocycles. The third kappa shape index (κ3) is 2.29. The average Bonchev–Trinajstić information content (AvgIpc) is 2.95. The number of aromatic nitrogens is 2. The van der Waals surface area contributed by atoms with Crippen LogP contribution in [-0.4, -0.2) is 20.7 Å². The number of hydrogen-bond acceptors (Lipinski definition) is 3. The monoisotopic (exact) mass is 256 g/mol. The van der Waals surface area contributed by atoms with Crippen molar-refractivity contribution in [2.45, 2.75) is 32.1 Å². The number of rotatable bonds is 3. The molecule has 4 nitrogen and oxygen atoms in total. The van der Waals surface area contributed by atoms with Gasteiger partial charge in [-0.3, -0.25) is 9.58 Å². The van der Waals surface area contributed by atoms with Gasteiger partial charge in [-0.15, -0.1) is 0 Å². The molecule has 1 aromatic heterocycles. The second-order valence-corrected chi connectivity index (χ2v) is 5.42. The molecule has 19 heavy (non-hydrogen) atoms. The lowest BCUT2D eigenvalue weighted by molar-refractivity contribution is 0.178. The lowest BCUT2D eigenvalue weighted by Gasteiger charge is -2.29. The van der Waals surface area contributed by atoms with Crippen LogP contribution >= 0.6 is 0 Å². The van der Waals surface area contributed by atoms with Crippen LogP contribution < -0.4 is 5.73 Å². The predicted octanol–water partition coefficient (Wildman–Crippen LogP) is 1.82. The van der Waals surface area contributed by atoms with Gasteiger partial charge in [-0.25, -0.2) is 0 Å². The fourth-order valence-corrected chi connectivity index (χ4v) is 3.00. The van der Waals surface area contributed by atoms with Crippen LogP contribution in [0.4, 0.5) is 0 Å². The normalized spacial score (nSPS) is 18.3. The summed E-state index contributed by atoms with van der Waals surface area (Å²) in [6.07, 6.45) is 3.99. The van der Waals surface area contributed by atoms with Crippen molar-refractivity contribution in [2.24, 2.45) is 12.8 Å².